The Labute approximate surface area is 71.5 Å². The number of hydrogen-bond donors (Lipinski definition) is 0. The van der Waals surface area contributed by atoms with E-state index >= 15 is 0 Å². The molecule has 0 unspecified atom stereocenters. The number of hydrogen-bond acceptors (Lipinski definition) is 0. The van der Waals surface area contributed by atoms with E-state index in [1.54, 1.807) is 0 Å². The van der Waals surface area contributed by atoms with Crippen LogP contribution in [0.3, 0.4) is 0 Å². The van der Waals surface area contributed by atoms with Crippen LogP contribution in [0.2, 0.25) is 0 Å². The van der Waals surface area contributed by atoms with Crippen molar-refractivity contribution in [3.63, 3.8) is 0 Å². The lowest BCUT2D eigenvalue weighted by Gasteiger charge is -2.22. The van der Waals surface area contributed by atoms with Crippen LogP contribution in [0, 0.1) is 12.1 Å². The van der Waals surface area contributed by atoms with Gasteiger partial charge in [0.15, 0.2) is 0 Å². The summed E-state index contributed by atoms with van der Waals surface area (Å²) in [4.78, 5) is 0. The van der Waals surface area contributed by atoms with Crippen molar-refractivity contribution in [2.75, 3.05) is 0 Å². The summed E-state index contributed by atoms with van der Waals surface area (Å²) in [6, 6.07) is 18.4. The van der Waals surface area contributed by atoms with Crippen molar-refractivity contribution in [1.29, 1.82) is 0 Å². The first-order valence-electron chi connectivity index (χ1n) is 3.98. The van der Waals surface area contributed by atoms with Gasteiger partial charge in [-0.2, -0.15) is 0 Å². The molecule has 2 radical (unpaired) electrons. The van der Waals surface area contributed by atoms with Crippen molar-refractivity contribution in [2.45, 2.75) is 0 Å². The minimum absolute atomic E-state index is 1.32. The van der Waals surface area contributed by atoms with Crippen molar-refractivity contribution in [3.05, 3.63) is 48.5 Å². The molecular formula is C12H6. The van der Waals surface area contributed by atoms with Crippen LogP contribution < -0.4 is 0 Å². The lowest BCUT2D eigenvalue weighted by Crippen LogP contribution is -1.96. The lowest BCUT2D eigenvalue weighted by molar-refractivity contribution is 1.51. The molecule has 1 aliphatic carbocycles. The highest BCUT2D eigenvalue weighted by molar-refractivity contribution is 6.01. The topological polar surface area (TPSA) is 0 Å². The van der Waals surface area contributed by atoms with E-state index in [1.165, 1.54) is 22.3 Å². The summed E-state index contributed by atoms with van der Waals surface area (Å²) < 4.78 is 0. The summed E-state index contributed by atoms with van der Waals surface area (Å²) in [7, 11) is 0. The van der Waals surface area contributed by atoms with Crippen LogP contribution in [0.25, 0.3) is 22.3 Å². The van der Waals surface area contributed by atoms with Gasteiger partial charge in [-0.05, 0) is 46.5 Å². The van der Waals surface area contributed by atoms with Crippen molar-refractivity contribution >= 4 is 0 Å². The maximum Gasteiger partial charge on any atom is -0.00928 e. The third kappa shape index (κ3) is 0.578. The lowest BCUT2D eigenvalue weighted by atomic mass is 9.81. The fraction of sp³-hybridized carbons (Fsp3) is 0. The predicted molar refractivity (Wildman–Crippen MR) is 48.5 cm³/mol. The Hall–Kier alpha value is -1.56. The maximum absolute atomic E-state index is 3.08. The number of benzene rings is 2. The molecule has 0 nitrogen and oxygen atoms in total. The third-order valence-corrected chi connectivity index (χ3v) is 2.31. The second-order valence-electron chi connectivity index (χ2n) is 2.94. The SMILES string of the molecule is [c]1ccc2c(c1)-c1cc[c]cc1-2. The van der Waals surface area contributed by atoms with E-state index in [2.05, 4.69) is 24.3 Å². The molecule has 0 spiro atoms. The highest BCUT2D eigenvalue weighted by atomic mass is 14.2. The number of fused-ring (bicyclic) bond motifs is 4. The molecule has 0 amide bonds. The molecule has 0 N–H and O–H groups in total. The summed E-state index contributed by atoms with van der Waals surface area (Å²) in [5.41, 5.74) is 5.31. The molecule has 0 saturated carbocycles. The van der Waals surface area contributed by atoms with Crippen LogP contribution in [0.1, 0.15) is 0 Å². The van der Waals surface area contributed by atoms with Crippen molar-refractivity contribution in [2.24, 2.45) is 0 Å². The third-order valence-electron chi connectivity index (χ3n) is 2.31. The van der Waals surface area contributed by atoms with Crippen LogP contribution in [-0.4, -0.2) is 0 Å². The molecule has 1 aliphatic rings. The summed E-state index contributed by atoms with van der Waals surface area (Å²) >= 11 is 0. The van der Waals surface area contributed by atoms with E-state index in [0.29, 0.717) is 0 Å². The normalized spacial score (nSPS) is 11.3. The van der Waals surface area contributed by atoms with Gasteiger partial charge in [0.05, 0.1) is 0 Å². The van der Waals surface area contributed by atoms with Crippen molar-refractivity contribution in [3.8, 4) is 22.3 Å². The van der Waals surface area contributed by atoms with E-state index in [-0.39, 0.29) is 0 Å². The first kappa shape index (κ1) is 6.01. The minimum Gasteiger partial charge on any atom is -0.0537 e. The average Bonchev–Trinajstić information content (AvgIpc) is 2.14. The molecule has 3 rings (SSSR count). The van der Waals surface area contributed by atoms with Gasteiger partial charge in [0.1, 0.15) is 0 Å². The molecule has 0 atom stereocenters. The van der Waals surface area contributed by atoms with Crippen LogP contribution in [-0.2, 0) is 0 Å². The number of rotatable bonds is 0. The van der Waals surface area contributed by atoms with Gasteiger partial charge in [0.25, 0.3) is 0 Å². The molecule has 54 valence electrons. The highest BCUT2D eigenvalue weighted by Gasteiger charge is 2.19. The Kier molecular flexibility index (Phi) is 0.991. The molecule has 0 bridgehead atoms. The molecule has 0 heterocycles. The van der Waals surface area contributed by atoms with Crippen LogP contribution in [0.4, 0.5) is 0 Å². The predicted octanol–water partition coefficient (Wildman–Crippen LogP) is 2.93. The quantitative estimate of drug-likeness (QED) is 0.462. The minimum atomic E-state index is 1.32. The second-order valence-corrected chi connectivity index (χ2v) is 2.94. The van der Waals surface area contributed by atoms with Gasteiger partial charge in [-0.1, -0.05) is 24.3 Å². The Morgan fingerprint density at radius 1 is 0.667 bits per heavy atom. The van der Waals surface area contributed by atoms with Gasteiger partial charge in [-0.15, -0.1) is 0 Å². The molecule has 0 aromatic heterocycles. The van der Waals surface area contributed by atoms with E-state index in [0.717, 1.165) is 0 Å². The monoisotopic (exact) mass is 150 g/mol. The first-order chi connectivity index (χ1) is 5.97. The Morgan fingerprint density at radius 3 is 1.67 bits per heavy atom. The molecule has 0 aliphatic heterocycles. The van der Waals surface area contributed by atoms with Crippen LogP contribution in [0.15, 0.2) is 36.4 Å². The second kappa shape index (κ2) is 1.98. The van der Waals surface area contributed by atoms with E-state index in [4.69, 9.17) is 0 Å². The molecule has 2 aromatic rings. The summed E-state index contributed by atoms with van der Waals surface area (Å²) in [5, 5.41) is 0. The van der Waals surface area contributed by atoms with Crippen LogP contribution >= 0.6 is 0 Å². The Balaban J connectivity index is 2.34. The maximum atomic E-state index is 3.08. The molecule has 0 fully saturated rings. The Bertz CT molecular complexity index is 341. The van der Waals surface area contributed by atoms with Gasteiger partial charge in [0.2, 0.25) is 0 Å². The summed E-state index contributed by atoms with van der Waals surface area (Å²) in [5.74, 6) is 0. The largest absolute Gasteiger partial charge is 0.0537 e. The van der Waals surface area contributed by atoms with E-state index in [1.807, 2.05) is 24.3 Å². The molecule has 12 heavy (non-hydrogen) atoms. The fourth-order valence-electron chi connectivity index (χ4n) is 1.71. The standard InChI is InChI=1S/C12H6/c1-2-6-10-9(5-1)11-7-3-4-8-12(10)11/h1,4-8H. The van der Waals surface area contributed by atoms with E-state index < -0.39 is 0 Å². The molecule has 0 heteroatoms. The Morgan fingerprint density at radius 2 is 1.17 bits per heavy atom. The van der Waals surface area contributed by atoms with Crippen LogP contribution in [0.5, 0.6) is 0 Å². The van der Waals surface area contributed by atoms with Gasteiger partial charge >= 0.3 is 0 Å². The average molecular weight is 150 g/mol. The zero-order valence-corrected chi connectivity index (χ0v) is 6.46. The molecule has 2 aromatic carbocycles. The molecular weight excluding hydrogens is 144 g/mol. The van der Waals surface area contributed by atoms with Gasteiger partial charge in [-0.25, -0.2) is 0 Å². The van der Waals surface area contributed by atoms with Crippen molar-refractivity contribution in [1.82, 2.24) is 0 Å². The van der Waals surface area contributed by atoms with E-state index in [9.17, 15) is 0 Å². The van der Waals surface area contributed by atoms with Gasteiger partial charge < -0.3 is 0 Å². The smallest absolute Gasteiger partial charge is 0.00928 e. The molecule has 0 saturated heterocycles. The summed E-state index contributed by atoms with van der Waals surface area (Å²) in [6.45, 7) is 0. The summed E-state index contributed by atoms with van der Waals surface area (Å²) in [6.07, 6.45) is 0. The van der Waals surface area contributed by atoms with Crippen molar-refractivity contribution < 1.29 is 0 Å². The highest BCUT2D eigenvalue weighted by Crippen LogP contribution is 2.45. The fourth-order valence-corrected chi connectivity index (χ4v) is 1.71. The van der Waals surface area contributed by atoms with Gasteiger partial charge in [-0.3, -0.25) is 0 Å². The zero-order valence-electron chi connectivity index (χ0n) is 6.46. The zero-order chi connectivity index (χ0) is 7.97. The first-order valence-corrected chi connectivity index (χ1v) is 3.98. The van der Waals surface area contributed by atoms with Gasteiger partial charge in [0, 0.05) is 0 Å².